The quantitative estimate of drug-likeness (QED) is 0.134. The summed E-state index contributed by atoms with van der Waals surface area (Å²) >= 11 is 3.43. The molecule has 0 aromatic heterocycles. The van der Waals surface area contributed by atoms with Gasteiger partial charge in [-0.05, 0) is 82.4 Å². The number of nitrogens with two attached hydrogens (primary N) is 1. The maximum atomic E-state index is 7.00. The average Bonchev–Trinajstić information content (AvgIpc) is 2.92. The normalized spacial score (nSPS) is 9.37. The monoisotopic (exact) mass is 598 g/mol. The molecular formula is C32H59BrN2O3. The molecule has 0 radical (unpaired) electrons. The molecule has 6 heteroatoms. The van der Waals surface area contributed by atoms with Gasteiger partial charge in [0.25, 0.3) is 0 Å². The first kappa shape index (κ1) is 40.9. The van der Waals surface area contributed by atoms with Gasteiger partial charge in [-0.2, -0.15) is 0 Å². The van der Waals surface area contributed by atoms with Crippen LogP contribution in [0, 0.1) is 13.8 Å². The van der Waals surface area contributed by atoms with E-state index in [0.29, 0.717) is 0 Å². The van der Waals surface area contributed by atoms with Crippen LogP contribution in [0.4, 0.5) is 0 Å². The summed E-state index contributed by atoms with van der Waals surface area (Å²) in [6.07, 6.45) is 9.96. The molecule has 0 atom stereocenters. The van der Waals surface area contributed by atoms with Crippen LogP contribution in [0.2, 0.25) is 0 Å². The van der Waals surface area contributed by atoms with Crippen LogP contribution >= 0.6 is 15.9 Å². The van der Waals surface area contributed by atoms with Crippen molar-refractivity contribution in [1.82, 2.24) is 5.32 Å². The summed E-state index contributed by atoms with van der Waals surface area (Å²) in [6, 6.07) is 16.4. The molecule has 4 N–H and O–H groups in total. The second kappa shape index (κ2) is 33.4. The van der Waals surface area contributed by atoms with Gasteiger partial charge < -0.3 is 25.6 Å². The van der Waals surface area contributed by atoms with Crippen molar-refractivity contribution in [2.75, 3.05) is 45.3 Å². The van der Waals surface area contributed by atoms with Gasteiger partial charge in [-0.1, -0.05) is 99.3 Å². The Morgan fingerprint density at radius 2 is 1.11 bits per heavy atom. The summed E-state index contributed by atoms with van der Waals surface area (Å²) in [6.45, 7) is 12.9. The zero-order chi connectivity index (χ0) is 28.0. The summed E-state index contributed by atoms with van der Waals surface area (Å²) in [5, 5.41) is 11.5. The van der Waals surface area contributed by atoms with E-state index in [1.807, 2.05) is 43.3 Å². The minimum Gasteiger partial charge on any atom is -0.493 e. The van der Waals surface area contributed by atoms with Gasteiger partial charge in [0.2, 0.25) is 0 Å². The number of benzene rings is 2. The Balaban J connectivity index is -0.000000541. The number of alkyl halides is 1. The predicted molar refractivity (Wildman–Crippen MR) is 172 cm³/mol. The highest BCUT2D eigenvalue weighted by Crippen LogP contribution is 2.17. The lowest BCUT2D eigenvalue weighted by atomic mass is 10.2. The lowest BCUT2D eigenvalue weighted by Gasteiger charge is -2.08. The number of aliphatic hydroxyl groups excluding tert-OH is 1. The van der Waals surface area contributed by atoms with E-state index in [1.165, 1.54) is 49.7 Å². The fourth-order valence-electron chi connectivity index (χ4n) is 3.23. The zero-order valence-corrected chi connectivity index (χ0v) is 25.8. The molecule has 0 saturated heterocycles. The number of hydrogen-bond donors (Lipinski definition) is 3. The Hall–Kier alpha value is -1.60. The molecule has 222 valence electrons. The third-order valence-corrected chi connectivity index (χ3v) is 5.79. The van der Waals surface area contributed by atoms with E-state index >= 15 is 0 Å². The Morgan fingerprint density at radius 1 is 0.711 bits per heavy atom. The molecule has 0 bridgehead atoms. The van der Waals surface area contributed by atoms with Gasteiger partial charge in [-0.25, -0.2) is 0 Å². The van der Waals surface area contributed by atoms with Gasteiger partial charge in [0.15, 0.2) is 0 Å². The van der Waals surface area contributed by atoms with Crippen LogP contribution < -0.4 is 20.5 Å². The van der Waals surface area contributed by atoms with E-state index in [1.54, 1.807) is 0 Å². The smallest absolute Gasteiger partial charge is 0.122 e. The third kappa shape index (κ3) is 26.0. The van der Waals surface area contributed by atoms with Gasteiger partial charge in [-0.15, -0.1) is 0 Å². The van der Waals surface area contributed by atoms with E-state index in [4.69, 9.17) is 20.3 Å². The van der Waals surface area contributed by atoms with Gasteiger partial charge in [-0.3, -0.25) is 0 Å². The fourth-order valence-corrected chi connectivity index (χ4v) is 3.63. The molecule has 2 rings (SSSR count). The topological polar surface area (TPSA) is 76.7 Å². The number of aryl methyl sites for hydroxylation is 2. The minimum absolute atomic E-state index is 0. The van der Waals surface area contributed by atoms with Gasteiger partial charge in [0.1, 0.15) is 11.5 Å². The van der Waals surface area contributed by atoms with Crippen LogP contribution in [0.15, 0.2) is 48.5 Å². The molecule has 0 saturated carbocycles. The van der Waals surface area contributed by atoms with Crippen LogP contribution in [-0.4, -0.2) is 50.4 Å². The van der Waals surface area contributed by atoms with Crippen molar-refractivity contribution in [2.24, 2.45) is 5.73 Å². The number of para-hydroxylation sites is 2. The van der Waals surface area contributed by atoms with Crippen LogP contribution in [0.5, 0.6) is 11.5 Å². The summed E-state index contributed by atoms with van der Waals surface area (Å²) in [5.41, 5.74) is 7.29. The molecule has 0 spiro atoms. The molecule has 0 aliphatic rings. The van der Waals surface area contributed by atoms with Crippen LogP contribution in [-0.2, 0) is 0 Å². The van der Waals surface area contributed by atoms with E-state index in [2.05, 4.69) is 54.2 Å². The molecule has 0 fully saturated rings. The van der Waals surface area contributed by atoms with Crippen molar-refractivity contribution in [3.63, 3.8) is 0 Å². The Bertz CT molecular complexity index is 717. The van der Waals surface area contributed by atoms with Crippen molar-refractivity contribution < 1.29 is 14.6 Å². The highest BCUT2D eigenvalue weighted by atomic mass is 79.9. The lowest BCUT2D eigenvalue weighted by molar-refractivity contribution is 0.302. The number of unbranched alkanes of at least 4 members (excludes halogenated alkanes) is 6. The lowest BCUT2D eigenvalue weighted by Crippen LogP contribution is -2.13. The van der Waals surface area contributed by atoms with Gasteiger partial charge in [0.05, 0.1) is 13.2 Å². The first-order chi connectivity index (χ1) is 18.1. The Kier molecular flexibility index (Phi) is 36.0. The average molecular weight is 600 g/mol. The number of halogens is 1. The summed E-state index contributed by atoms with van der Waals surface area (Å²) < 4.78 is 11.5. The van der Waals surface area contributed by atoms with Gasteiger partial charge in [0, 0.05) is 12.4 Å². The maximum Gasteiger partial charge on any atom is 0.122 e. The first-order valence-electron chi connectivity index (χ1n) is 13.9. The first-order valence-corrected chi connectivity index (χ1v) is 15.0. The largest absolute Gasteiger partial charge is 0.493 e. The van der Waals surface area contributed by atoms with E-state index < -0.39 is 0 Å². The fraction of sp³-hybridized carbons (Fsp3) is 0.625. The predicted octanol–water partition coefficient (Wildman–Crippen LogP) is 8.08. The Labute approximate surface area is 244 Å². The van der Waals surface area contributed by atoms with E-state index in [0.717, 1.165) is 69.6 Å². The third-order valence-electron chi connectivity index (χ3n) is 5.23. The number of rotatable bonds is 16. The Morgan fingerprint density at radius 3 is 1.50 bits per heavy atom. The number of nitrogens with one attached hydrogen (secondary N) is 1. The minimum atomic E-state index is 0. The molecule has 0 aliphatic heterocycles. The highest BCUT2D eigenvalue weighted by molar-refractivity contribution is 9.09. The number of ether oxygens (including phenoxy) is 2. The standard InChI is InChI=1S/C15H25NO.C13H19BrO.C2H7N.CH4O.CH4/c1-3-16-12-8-4-5-9-13-17-15-11-7-6-10-14(15)2;1-12-8-4-5-9-13(12)15-11-7-3-2-6-10-14;1-2-3;1-2;/h6-7,10-11,16H,3-5,8-9,12-13H2,1-2H3;4-5,8-9H,2-3,6-7,10-11H2,1H3;2-3H2,1H3;2H,1H3;1H4. The summed E-state index contributed by atoms with van der Waals surface area (Å²) in [5.74, 6) is 2.05. The van der Waals surface area contributed by atoms with Crippen molar-refractivity contribution in [3.8, 4) is 11.5 Å². The molecule has 38 heavy (non-hydrogen) atoms. The molecule has 2 aromatic rings. The molecule has 0 unspecified atom stereocenters. The van der Waals surface area contributed by atoms with Crippen LogP contribution in [0.25, 0.3) is 0 Å². The van der Waals surface area contributed by atoms with E-state index in [-0.39, 0.29) is 7.43 Å². The summed E-state index contributed by atoms with van der Waals surface area (Å²) in [7, 11) is 1.00. The SMILES string of the molecule is C.CCN.CCNCCCCCCOc1ccccc1C.CO.Cc1ccccc1OCCCCCCBr. The van der Waals surface area contributed by atoms with Gasteiger partial charge >= 0.3 is 0 Å². The second-order valence-electron chi connectivity index (χ2n) is 8.51. The van der Waals surface area contributed by atoms with Crippen molar-refractivity contribution >= 4 is 15.9 Å². The maximum absolute atomic E-state index is 7.00. The molecule has 0 amide bonds. The summed E-state index contributed by atoms with van der Waals surface area (Å²) in [4.78, 5) is 0. The van der Waals surface area contributed by atoms with Crippen LogP contribution in [0.3, 0.4) is 0 Å². The molecule has 2 aromatic carbocycles. The zero-order valence-electron chi connectivity index (χ0n) is 24.2. The van der Waals surface area contributed by atoms with E-state index in [9.17, 15) is 0 Å². The van der Waals surface area contributed by atoms with Crippen LogP contribution in [0.1, 0.15) is 83.8 Å². The van der Waals surface area contributed by atoms with Crippen molar-refractivity contribution in [1.29, 1.82) is 0 Å². The van der Waals surface area contributed by atoms with Crippen molar-refractivity contribution in [3.05, 3.63) is 59.7 Å². The number of aliphatic hydroxyl groups is 1. The molecule has 0 aliphatic carbocycles. The molecule has 5 nitrogen and oxygen atoms in total. The number of hydrogen-bond acceptors (Lipinski definition) is 5. The highest BCUT2D eigenvalue weighted by Gasteiger charge is 1.98. The molecular weight excluding hydrogens is 540 g/mol. The second-order valence-corrected chi connectivity index (χ2v) is 9.30. The van der Waals surface area contributed by atoms with Crippen molar-refractivity contribution in [2.45, 2.75) is 86.5 Å². The molecule has 0 heterocycles.